The molecule has 0 saturated carbocycles. The lowest BCUT2D eigenvalue weighted by atomic mass is 9.98. The van der Waals surface area contributed by atoms with Crippen LogP contribution in [0.5, 0.6) is 0 Å². The number of nitrogens with zero attached hydrogens (tertiary/aromatic N) is 2. The number of pyridine rings is 1. The standard InChI is InChI=1S/C20H21N2.BrH/c1-21(2)19-13-15-22(16-14-19)20(17-9-5-3-6-10-17)18-11-7-4-8-12-18;/h3-16,20H,1-2H3;1H/q+1;. The van der Waals surface area contributed by atoms with Crippen LogP contribution in [0.1, 0.15) is 17.2 Å². The van der Waals surface area contributed by atoms with Crippen molar-refractivity contribution < 1.29 is 4.57 Å². The molecule has 0 saturated heterocycles. The van der Waals surface area contributed by atoms with Crippen molar-refractivity contribution in [2.75, 3.05) is 19.0 Å². The Morgan fingerprint density at radius 2 is 1.13 bits per heavy atom. The molecule has 0 atom stereocenters. The lowest BCUT2D eigenvalue weighted by Crippen LogP contribution is -2.40. The summed E-state index contributed by atoms with van der Waals surface area (Å²) in [6.07, 6.45) is 4.31. The average Bonchev–Trinajstić information content (AvgIpc) is 2.57. The molecule has 0 fully saturated rings. The SMILES string of the molecule is Br.CN(C)c1cc[n+](C(c2ccccc2)c2ccccc2)cc1. The van der Waals surface area contributed by atoms with Crippen molar-refractivity contribution >= 4 is 22.7 Å². The van der Waals surface area contributed by atoms with E-state index < -0.39 is 0 Å². The maximum atomic E-state index is 2.26. The molecule has 2 aromatic carbocycles. The molecule has 0 aliphatic heterocycles. The largest absolute Gasteiger partial charge is 0.377 e. The first-order chi connectivity index (χ1) is 10.8. The minimum Gasteiger partial charge on any atom is -0.377 e. The van der Waals surface area contributed by atoms with Gasteiger partial charge >= 0.3 is 0 Å². The monoisotopic (exact) mass is 369 g/mol. The van der Waals surface area contributed by atoms with Crippen LogP contribution >= 0.6 is 17.0 Å². The molecule has 0 aliphatic carbocycles. The molecule has 3 heteroatoms. The third-order valence-electron chi connectivity index (χ3n) is 3.88. The number of aromatic nitrogens is 1. The summed E-state index contributed by atoms with van der Waals surface area (Å²) < 4.78 is 2.26. The quantitative estimate of drug-likeness (QED) is 0.623. The fourth-order valence-corrected chi connectivity index (χ4v) is 2.71. The van der Waals surface area contributed by atoms with Gasteiger partial charge in [-0.3, -0.25) is 0 Å². The minimum absolute atomic E-state index is 0. The van der Waals surface area contributed by atoms with Crippen molar-refractivity contribution in [3.8, 4) is 0 Å². The van der Waals surface area contributed by atoms with Gasteiger partial charge in [-0.1, -0.05) is 60.7 Å². The molecule has 3 aromatic rings. The smallest absolute Gasteiger partial charge is 0.208 e. The van der Waals surface area contributed by atoms with Crippen molar-refractivity contribution in [2.24, 2.45) is 0 Å². The molecule has 0 bridgehead atoms. The van der Waals surface area contributed by atoms with E-state index in [0.717, 1.165) is 0 Å². The van der Waals surface area contributed by atoms with E-state index in [4.69, 9.17) is 0 Å². The van der Waals surface area contributed by atoms with Crippen LogP contribution in [-0.4, -0.2) is 14.1 Å². The molecule has 0 spiro atoms. The average molecular weight is 370 g/mol. The molecule has 0 aliphatic rings. The number of anilines is 1. The third kappa shape index (κ3) is 3.99. The van der Waals surface area contributed by atoms with E-state index in [-0.39, 0.29) is 23.0 Å². The molecule has 1 heterocycles. The van der Waals surface area contributed by atoms with Crippen molar-refractivity contribution in [2.45, 2.75) is 6.04 Å². The van der Waals surface area contributed by atoms with Crippen LogP contribution in [-0.2, 0) is 0 Å². The fourth-order valence-electron chi connectivity index (χ4n) is 2.71. The summed E-state index contributed by atoms with van der Waals surface area (Å²) in [7, 11) is 4.12. The minimum atomic E-state index is 0. The zero-order valence-corrected chi connectivity index (χ0v) is 15.2. The van der Waals surface area contributed by atoms with Gasteiger partial charge in [0.25, 0.3) is 0 Å². The maximum absolute atomic E-state index is 2.26. The van der Waals surface area contributed by atoms with Crippen molar-refractivity contribution in [3.05, 3.63) is 96.3 Å². The first-order valence-corrected chi connectivity index (χ1v) is 7.54. The Bertz CT molecular complexity index is 670. The molecule has 118 valence electrons. The predicted molar refractivity (Wildman–Crippen MR) is 101 cm³/mol. The molecular weight excluding hydrogens is 348 g/mol. The summed E-state index contributed by atoms with van der Waals surface area (Å²) in [6.45, 7) is 0. The highest BCUT2D eigenvalue weighted by Gasteiger charge is 2.22. The zero-order valence-electron chi connectivity index (χ0n) is 13.5. The second-order valence-electron chi connectivity index (χ2n) is 5.62. The van der Waals surface area contributed by atoms with Gasteiger partial charge in [0.2, 0.25) is 6.04 Å². The van der Waals surface area contributed by atoms with Gasteiger partial charge in [0, 0.05) is 43.0 Å². The molecule has 2 nitrogen and oxygen atoms in total. The second kappa shape index (κ2) is 7.93. The van der Waals surface area contributed by atoms with Crippen molar-refractivity contribution in [1.82, 2.24) is 0 Å². The molecule has 0 radical (unpaired) electrons. The van der Waals surface area contributed by atoms with Crippen LogP contribution in [0, 0.1) is 0 Å². The molecule has 3 rings (SSSR count). The van der Waals surface area contributed by atoms with Crippen molar-refractivity contribution in [1.29, 1.82) is 0 Å². The second-order valence-corrected chi connectivity index (χ2v) is 5.62. The Balaban J connectivity index is 0.00000192. The first-order valence-electron chi connectivity index (χ1n) is 7.54. The van der Waals surface area contributed by atoms with Crippen LogP contribution in [0.15, 0.2) is 85.2 Å². The Hall–Kier alpha value is -2.13. The molecule has 0 N–H and O–H groups in total. The third-order valence-corrected chi connectivity index (χ3v) is 3.88. The molecule has 23 heavy (non-hydrogen) atoms. The van der Waals surface area contributed by atoms with Crippen LogP contribution < -0.4 is 9.47 Å². The topological polar surface area (TPSA) is 7.12 Å². The van der Waals surface area contributed by atoms with Crippen LogP contribution in [0.4, 0.5) is 5.69 Å². The first kappa shape index (κ1) is 17.2. The van der Waals surface area contributed by atoms with Gasteiger partial charge in [0.05, 0.1) is 0 Å². The summed E-state index contributed by atoms with van der Waals surface area (Å²) in [5.41, 5.74) is 3.78. The Morgan fingerprint density at radius 1 is 0.696 bits per heavy atom. The molecule has 1 aromatic heterocycles. The predicted octanol–water partition coefficient (Wildman–Crippen LogP) is 4.26. The fraction of sp³-hybridized carbons (Fsp3) is 0.150. The molecular formula is C20H22BrN2+. The van der Waals surface area contributed by atoms with E-state index in [0.29, 0.717) is 0 Å². The van der Waals surface area contributed by atoms with Gasteiger partial charge in [-0.15, -0.1) is 17.0 Å². The number of hydrogen-bond donors (Lipinski definition) is 0. The Morgan fingerprint density at radius 3 is 1.52 bits per heavy atom. The zero-order chi connectivity index (χ0) is 15.4. The van der Waals surface area contributed by atoms with Crippen LogP contribution in [0.25, 0.3) is 0 Å². The van der Waals surface area contributed by atoms with E-state index in [1.165, 1.54) is 16.8 Å². The van der Waals surface area contributed by atoms with E-state index >= 15 is 0 Å². The highest BCUT2D eigenvalue weighted by atomic mass is 79.9. The van der Waals surface area contributed by atoms with E-state index in [1.807, 2.05) is 0 Å². The van der Waals surface area contributed by atoms with E-state index in [9.17, 15) is 0 Å². The number of rotatable bonds is 4. The summed E-state index contributed by atoms with van der Waals surface area (Å²) >= 11 is 0. The van der Waals surface area contributed by atoms with Crippen molar-refractivity contribution in [3.63, 3.8) is 0 Å². The van der Waals surface area contributed by atoms with Gasteiger partial charge in [0.1, 0.15) is 0 Å². The van der Waals surface area contributed by atoms with Crippen LogP contribution in [0.3, 0.4) is 0 Å². The van der Waals surface area contributed by atoms with Gasteiger partial charge < -0.3 is 4.90 Å². The van der Waals surface area contributed by atoms with Gasteiger partial charge in [-0.05, 0) is 0 Å². The van der Waals surface area contributed by atoms with E-state index in [2.05, 4.69) is 109 Å². The lowest BCUT2D eigenvalue weighted by Gasteiger charge is -2.15. The lowest BCUT2D eigenvalue weighted by molar-refractivity contribution is -0.704. The highest BCUT2D eigenvalue weighted by Crippen LogP contribution is 2.21. The Labute approximate surface area is 148 Å². The van der Waals surface area contributed by atoms with Gasteiger partial charge in [-0.2, -0.15) is 4.57 Å². The summed E-state index contributed by atoms with van der Waals surface area (Å²) in [5, 5.41) is 0. The molecule has 0 unspecified atom stereocenters. The van der Waals surface area contributed by atoms with E-state index in [1.54, 1.807) is 0 Å². The number of benzene rings is 2. The Kier molecular flexibility index (Phi) is 5.94. The highest BCUT2D eigenvalue weighted by molar-refractivity contribution is 8.93. The van der Waals surface area contributed by atoms with Gasteiger partial charge in [-0.25, -0.2) is 0 Å². The summed E-state index contributed by atoms with van der Waals surface area (Å²) in [4.78, 5) is 2.12. The normalized spacial score (nSPS) is 10.2. The van der Waals surface area contributed by atoms with Gasteiger partial charge in [0.15, 0.2) is 12.4 Å². The molecule has 0 amide bonds. The number of hydrogen-bond acceptors (Lipinski definition) is 1. The van der Waals surface area contributed by atoms with Crippen LogP contribution in [0.2, 0.25) is 0 Å². The number of halogens is 1. The summed E-state index contributed by atoms with van der Waals surface area (Å²) in [5.74, 6) is 0. The summed E-state index contributed by atoms with van der Waals surface area (Å²) in [6, 6.07) is 25.7. The maximum Gasteiger partial charge on any atom is 0.208 e.